The normalized spacial score (nSPS) is 11.1. The number of fused-ring (bicyclic) bond motifs is 1. The number of aromatic nitrogens is 4. The van der Waals surface area contributed by atoms with Crippen molar-refractivity contribution in [2.24, 2.45) is 0 Å². The van der Waals surface area contributed by atoms with Crippen LogP contribution < -0.4 is 5.73 Å². The van der Waals surface area contributed by atoms with E-state index in [1.807, 2.05) is 6.92 Å². The van der Waals surface area contributed by atoms with Crippen LogP contribution in [0.5, 0.6) is 0 Å². The van der Waals surface area contributed by atoms with E-state index in [1.54, 1.807) is 11.3 Å². The van der Waals surface area contributed by atoms with E-state index in [0.717, 1.165) is 15.2 Å². The number of aryl methyl sites for hydroxylation is 1. The van der Waals surface area contributed by atoms with Crippen LogP contribution in [0.3, 0.4) is 0 Å². The maximum absolute atomic E-state index is 5.46. The van der Waals surface area contributed by atoms with E-state index < -0.39 is 0 Å². The number of benzene rings is 1. The largest absolute Gasteiger partial charge is 0.366 e. The van der Waals surface area contributed by atoms with Crippen molar-refractivity contribution in [2.75, 3.05) is 5.73 Å². The van der Waals surface area contributed by atoms with Gasteiger partial charge in [0.15, 0.2) is 10.8 Å². The Kier molecular flexibility index (Phi) is 1.90. The van der Waals surface area contributed by atoms with Gasteiger partial charge in [0.1, 0.15) is 0 Å². The van der Waals surface area contributed by atoms with Gasteiger partial charge < -0.3 is 5.73 Å². The molecule has 3 N–H and O–H groups in total. The zero-order valence-electron chi connectivity index (χ0n) is 8.56. The van der Waals surface area contributed by atoms with Crippen molar-refractivity contribution >= 4 is 27.5 Å². The topological polar surface area (TPSA) is 80.5 Å². The average Bonchev–Trinajstić information content (AvgIpc) is 2.83. The summed E-state index contributed by atoms with van der Waals surface area (Å²) in [6, 6.07) is 6.18. The summed E-state index contributed by atoms with van der Waals surface area (Å²) in [4.78, 5) is 8.54. The Morgan fingerprint density at radius 1 is 1.31 bits per heavy atom. The van der Waals surface area contributed by atoms with E-state index in [0.29, 0.717) is 5.82 Å². The number of nitrogens with two attached hydrogens (primary N) is 1. The lowest BCUT2D eigenvalue weighted by Gasteiger charge is -1.88. The second kappa shape index (κ2) is 3.28. The number of H-pyrrole nitrogens is 1. The summed E-state index contributed by atoms with van der Waals surface area (Å²) in [5.41, 5.74) is 7.63. The van der Waals surface area contributed by atoms with Gasteiger partial charge in [-0.05, 0) is 24.6 Å². The lowest BCUT2D eigenvalue weighted by Crippen LogP contribution is -1.85. The fraction of sp³-hybridized carbons (Fsp3) is 0.100. The standard InChI is InChI=1S/C10H9N5S/c1-5-2-3-7-6(4-5)12-9(16-7)8-13-10(11)15-14-8/h2-4H,1H3,(H3,11,13,14,15). The molecule has 0 radical (unpaired) electrons. The lowest BCUT2D eigenvalue weighted by atomic mass is 10.2. The third-order valence-electron chi connectivity index (χ3n) is 2.25. The van der Waals surface area contributed by atoms with E-state index in [2.05, 4.69) is 38.4 Å². The number of anilines is 1. The van der Waals surface area contributed by atoms with Gasteiger partial charge in [0, 0.05) is 0 Å². The molecule has 1 aromatic carbocycles. The van der Waals surface area contributed by atoms with Gasteiger partial charge in [0.2, 0.25) is 5.95 Å². The SMILES string of the molecule is Cc1ccc2sc(-c3nc(N)n[nH]3)nc2c1. The number of nitrogens with zero attached hydrogens (tertiary/aromatic N) is 3. The smallest absolute Gasteiger partial charge is 0.239 e. The van der Waals surface area contributed by atoms with E-state index in [9.17, 15) is 0 Å². The Labute approximate surface area is 95.4 Å². The molecular weight excluding hydrogens is 222 g/mol. The van der Waals surface area contributed by atoms with Crippen LogP contribution in [0.25, 0.3) is 21.0 Å². The zero-order chi connectivity index (χ0) is 11.1. The van der Waals surface area contributed by atoms with E-state index >= 15 is 0 Å². The Bertz CT molecular complexity index is 654. The first-order valence-corrected chi connectivity index (χ1v) is 5.59. The highest BCUT2D eigenvalue weighted by molar-refractivity contribution is 7.21. The highest BCUT2D eigenvalue weighted by Crippen LogP contribution is 2.28. The number of nitrogens with one attached hydrogen (secondary N) is 1. The molecule has 0 fully saturated rings. The number of rotatable bonds is 1. The molecule has 0 saturated heterocycles. The van der Waals surface area contributed by atoms with Crippen molar-refractivity contribution in [3.8, 4) is 10.8 Å². The summed E-state index contributed by atoms with van der Waals surface area (Å²) in [7, 11) is 0. The molecule has 0 aliphatic rings. The summed E-state index contributed by atoms with van der Waals surface area (Å²) < 4.78 is 1.13. The molecule has 0 atom stereocenters. The molecule has 0 bridgehead atoms. The third-order valence-corrected chi connectivity index (χ3v) is 3.29. The second-order valence-corrected chi connectivity index (χ2v) is 4.56. The number of thiazole rings is 1. The minimum absolute atomic E-state index is 0.241. The highest BCUT2D eigenvalue weighted by atomic mass is 32.1. The van der Waals surface area contributed by atoms with Crippen molar-refractivity contribution in [1.82, 2.24) is 20.2 Å². The first kappa shape index (κ1) is 9.29. The maximum atomic E-state index is 5.46. The fourth-order valence-corrected chi connectivity index (χ4v) is 2.39. The maximum Gasteiger partial charge on any atom is 0.239 e. The number of aromatic amines is 1. The summed E-state index contributed by atoms with van der Waals surface area (Å²) in [6.45, 7) is 2.05. The van der Waals surface area contributed by atoms with Crippen molar-refractivity contribution in [3.63, 3.8) is 0 Å². The molecular formula is C10H9N5S. The zero-order valence-corrected chi connectivity index (χ0v) is 9.38. The Balaban J connectivity index is 2.18. The molecule has 0 unspecified atom stereocenters. The number of nitrogen functional groups attached to an aromatic ring is 1. The Morgan fingerprint density at radius 2 is 2.19 bits per heavy atom. The molecule has 3 aromatic rings. The summed E-state index contributed by atoms with van der Waals surface area (Å²) in [5.74, 6) is 0.863. The molecule has 0 saturated carbocycles. The van der Waals surface area contributed by atoms with Crippen LogP contribution in [0.2, 0.25) is 0 Å². The predicted molar refractivity (Wildman–Crippen MR) is 64.1 cm³/mol. The van der Waals surface area contributed by atoms with Crippen molar-refractivity contribution in [3.05, 3.63) is 23.8 Å². The van der Waals surface area contributed by atoms with Crippen molar-refractivity contribution < 1.29 is 0 Å². The molecule has 0 amide bonds. The fourth-order valence-electron chi connectivity index (χ4n) is 1.51. The van der Waals surface area contributed by atoms with Crippen LogP contribution in [0, 0.1) is 6.92 Å². The third kappa shape index (κ3) is 1.43. The van der Waals surface area contributed by atoms with E-state index in [-0.39, 0.29) is 5.95 Å². The quantitative estimate of drug-likeness (QED) is 0.671. The molecule has 16 heavy (non-hydrogen) atoms. The molecule has 6 heteroatoms. The van der Waals surface area contributed by atoms with Crippen LogP contribution in [-0.4, -0.2) is 20.2 Å². The summed E-state index contributed by atoms with van der Waals surface area (Å²) in [5, 5.41) is 7.36. The molecule has 2 aromatic heterocycles. The molecule has 3 rings (SSSR count). The molecule has 5 nitrogen and oxygen atoms in total. The molecule has 0 aliphatic carbocycles. The molecule has 0 spiro atoms. The van der Waals surface area contributed by atoms with Gasteiger partial charge in [0.25, 0.3) is 0 Å². The Hall–Kier alpha value is -1.95. The monoisotopic (exact) mass is 231 g/mol. The minimum atomic E-state index is 0.241. The molecule has 2 heterocycles. The molecule has 80 valence electrons. The van der Waals surface area contributed by atoms with Gasteiger partial charge in [-0.3, -0.25) is 5.10 Å². The van der Waals surface area contributed by atoms with Gasteiger partial charge in [-0.2, -0.15) is 4.98 Å². The summed E-state index contributed by atoms with van der Waals surface area (Å²) in [6.07, 6.45) is 0. The van der Waals surface area contributed by atoms with E-state index in [4.69, 9.17) is 5.73 Å². The van der Waals surface area contributed by atoms with Crippen LogP contribution in [0.4, 0.5) is 5.95 Å². The van der Waals surface area contributed by atoms with Gasteiger partial charge in [-0.15, -0.1) is 16.4 Å². The van der Waals surface area contributed by atoms with Crippen LogP contribution in [0.1, 0.15) is 5.56 Å². The molecule has 0 aliphatic heterocycles. The lowest BCUT2D eigenvalue weighted by molar-refractivity contribution is 1.10. The highest BCUT2D eigenvalue weighted by Gasteiger charge is 2.09. The average molecular weight is 231 g/mol. The van der Waals surface area contributed by atoms with E-state index in [1.165, 1.54) is 5.56 Å². The first-order chi connectivity index (χ1) is 7.72. The summed E-state index contributed by atoms with van der Waals surface area (Å²) >= 11 is 1.57. The number of hydrogen-bond donors (Lipinski definition) is 2. The van der Waals surface area contributed by atoms with Crippen LogP contribution >= 0.6 is 11.3 Å². The second-order valence-electron chi connectivity index (χ2n) is 3.53. The predicted octanol–water partition coefficient (Wildman–Crippen LogP) is 1.97. The van der Waals surface area contributed by atoms with Crippen molar-refractivity contribution in [1.29, 1.82) is 0 Å². The van der Waals surface area contributed by atoms with Gasteiger partial charge in [-0.1, -0.05) is 6.07 Å². The Morgan fingerprint density at radius 3 is 2.94 bits per heavy atom. The van der Waals surface area contributed by atoms with Crippen molar-refractivity contribution in [2.45, 2.75) is 6.92 Å². The van der Waals surface area contributed by atoms with Gasteiger partial charge >= 0.3 is 0 Å². The number of hydrogen-bond acceptors (Lipinski definition) is 5. The van der Waals surface area contributed by atoms with Crippen LogP contribution in [0.15, 0.2) is 18.2 Å². The van der Waals surface area contributed by atoms with Gasteiger partial charge in [0.05, 0.1) is 10.2 Å². The van der Waals surface area contributed by atoms with Crippen LogP contribution in [-0.2, 0) is 0 Å². The first-order valence-electron chi connectivity index (χ1n) is 4.78. The van der Waals surface area contributed by atoms with Gasteiger partial charge in [-0.25, -0.2) is 4.98 Å². The minimum Gasteiger partial charge on any atom is -0.366 e.